The number of aryl methyl sites for hydroxylation is 1. The topological polar surface area (TPSA) is 57.3 Å². The molecule has 0 fully saturated rings. The van der Waals surface area contributed by atoms with Gasteiger partial charge in [-0.2, -0.15) is 0 Å². The Balaban J connectivity index is 2.12. The second-order valence-electron chi connectivity index (χ2n) is 5.55. The van der Waals surface area contributed by atoms with Crippen molar-refractivity contribution in [1.82, 2.24) is 4.57 Å². The van der Waals surface area contributed by atoms with Crippen molar-refractivity contribution in [2.75, 3.05) is 13.7 Å². The number of fused-ring (bicyclic) bond motifs is 1. The second-order valence-corrected chi connectivity index (χ2v) is 5.55. The molecule has 118 valence electrons. The number of para-hydroxylation sites is 1. The molecular weight excluding hydrogens is 292 g/mol. The van der Waals surface area contributed by atoms with Crippen molar-refractivity contribution in [2.45, 2.75) is 5.92 Å². The standard InChI is InChI=1S/C18H18N2O3/c1-19-11-17(15-5-3-4-6-18(15)19)16(12-20(21)22)13-7-9-14(23-2)10-8-13/h3-11,16H,12H2,1-2H3. The van der Waals surface area contributed by atoms with Crippen molar-refractivity contribution < 1.29 is 9.66 Å². The molecule has 3 aromatic rings. The maximum atomic E-state index is 11.2. The fourth-order valence-electron chi connectivity index (χ4n) is 3.02. The summed E-state index contributed by atoms with van der Waals surface area (Å²) < 4.78 is 7.19. The maximum absolute atomic E-state index is 11.2. The average molecular weight is 310 g/mol. The first kappa shape index (κ1) is 15.1. The lowest BCUT2D eigenvalue weighted by Gasteiger charge is -2.13. The minimum Gasteiger partial charge on any atom is -0.497 e. The Morgan fingerprint density at radius 2 is 1.87 bits per heavy atom. The minimum atomic E-state index is -0.290. The van der Waals surface area contributed by atoms with Gasteiger partial charge in [0.2, 0.25) is 6.54 Å². The third-order valence-electron chi connectivity index (χ3n) is 4.15. The van der Waals surface area contributed by atoms with Crippen LogP contribution in [0.25, 0.3) is 10.9 Å². The van der Waals surface area contributed by atoms with Gasteiger partial charge in [0.15, 0.2) is 0 Å². The van der Waals surface area contributed by atoms with Crippen LogP contribution in [0.15, 0.2) is 54.7 Å². The van der Waals surface area contributed by atoms with Gasteiger partial charge < -0.3 is 9.30 Å². The molecule has 0 aliphatic heterocycles. The number of nitrogens with zero attached hydrogens (tertiary/aromatic N) is 2. The van der Waals surface area contributed by atoms with E-state index in [0.717, 1.165) is 27.8 Å². The predicted octanol–water partition coefficient (Wildman–Crippen LogP) is 3.60. The molecule has 0 spiro atoms. The zero-order chi connectivity index (χ0) is 16.4. The molecule has 1 aromatic heterocycles. The van der Waals surface area contributed by atoms with Gasteiger partial charge in [0.05, 0.1) is 13.0 Å². The van der Waals surface area contributed by atoms with Crippen LogP contribution in [0.2, 0.25) is 0 Å². The van der Waals surface area contributed by atoms with Crippen LogP contribution >= 0.6 is 0 Å². The van der Waals surface area contributed by atoms with Crippen LogP contribution in [0.1, 0.15) is 17.0 Å². The molecule has 1 unspecified atom stereocenters. The molecule has 5 nitrogen and oxygen atoms in total. The van der Waals surface area contributed by atoms with Crippen molar-refractivity contribution in [3.63, 3.8) is 0 Å². The monoisotopic (exact) mass is 310 g/mol. The van der Waals surface area contributed by atoms with E-state index in [4.69, 9.17) is 4.74 Å². The van der Waals surface area contributed by atoms with Gasteiger partial charge in [0, 0.05) is 29.1 Å². The van der Waals surface area contributed by atoms with E-state index in [9.17, 15) is 10.1 Å². The summed E-state index contributed by atoms with van der Waals surface area (Å²) in [6.07, 6.45) is 1.99. The van der Waals surface area contributed by atoms with Gasteiger partial charge >= 0.3 is 0 Å². The van der Waals surface area contributed by atoms with Gasteiger partial charge in [-0.3, -0.25) is 10.1 Å². The van der Waals surface area contributed by atoms with Crippen LogP contribution in [0.4, 0.5) is 0 Å². The van der Waals surface area contributed by atoms with Crippen LogP contribution < -0.4 is 4.74 Å². The Morgan fingerprint density at radius 3 is 2.52 bits per heavy atom. The van der Waals surface area contributed by atoms with E-state index < -0.39 is 0 Å². The summed E-state index contributed by atoms with van der Waals surface area (Å²) >= 11 is 0. The quantitative estimate of drug-likeness (QED) is 0.534. The van der Waals surface area contributed by atoms with Crippen molar-refractivity contribution in [1.29, 1.82) is 0 Å². The minimum absolute atomic E-state index is 0.139. The van der Waals surface area contributed by atoms with E-state index in [-0.39, 0.29) is 17.4 Å². The zero-order valence-electron chi connectivity index (χ0n) is 13.1. The molecule has 0 amide bonds. The molecule has 0 radical (unpaired) electrons. The van der Waals surface area contributed by atoms with Crippen LogP contribution in [-0.4, -0.2) is 23.1 Å². The van der Waals surface area contributed by atoms with Crippen LogP contribution in [0.5, 0.6) is 5.75 Å². The first-order valence-electron chi connectivity index (χ1n) is 7.40. The lowest BCUT2D eigenvalue weighted by atomic mass is 9.91. The number of rotatable bonds is 5. The summed E-state index contributed by atoms with van der Waals surface area (Å²) in [5.74, 6) is 0.452. The van der Waals surface area contributed by atoms with Crippen molar-refractivity contribution in [2.24, 2.45) is 7.05 Å². The first-order chi connectivity index (χ1) is 11.1. The van der Waals surface area contributed by atoms with Gasteiger partial charge in [0.25, 0.3) is 0 Å². The third kappa shape index (κ3) is 2.90. The van der Waals surface area contributed by atoms with Gasteiger partial charge in [-0.15, -0.1) is 0 Å². The molecule has 0 aliphatic rings. The zero-order valence-corrected chi connectivity index (χ0v) is 13.1. The summed E-state index contributed by atoms with van der Waals surface area (Å²) in [7, 11) is 3.57. The third-order valence-corrected chi connectivity index (χ3v) is 4.15. The Labute approximate surface area is 134 Å². The number of hydrogen-bond donors (Lipinski definition) is 0. The number of methoxy groups -OCH3 is 1. The molecule has 3 rings (SSSR count). The molecular formula is C18H18N2O3. The summed E-state index contributed by atoms with van der Waals surface area (Å²) in [5, 5.41) is 12.2. The number of ether oxygens (including phenoxy) is 1. The Hall–Kier alpha value is -2.82. The molecule has 1 heterocycles. The lowest BCUT2D eigenvalue weighted by molar-refractivity contribution is -0.481. The predicted molar refractivity (Wildman–Crippen MR) is 89.6 cm³/mol. The fourth-order valence-corrected chi connectivity index (χ4v) is 3.02. The molecule has 5 heteroatoms. The van der Waals surface area contributed by atoms with Gasteiger partial charge in [0.1, 0.15) is 5.75 Å². The second kappa shape index (κ2) is 6.12. The van der Waals surface area contributed by atoms with Gasteiger partial charge in [-0.25, -0.2) is 0 Å². The van der Waals surface area contributed by atoms with Gasteiger partial charge in [-0.1, -0.05) is 30.3 Å². The normalized spacial score (nSPS) is 12.3. The highest BCUT2D eigenvalue weighted by Gasteiger charge is 2.24. The van der Waals surface area contributed by atoms with Crippen LogP contribution in [-0.2, 0) is 7.05 Å². The molecule has 0 N–H and O–H groups in total. The smallest absolute Gasteiger partial charge is 0.214 e. The van der Waals surface area contributed by atoms with E-state index in [1.807, 2.05) is 66.3 Å². The highest BCUT2D eigenvalue weighted by molar-refractivity contribution is 5.85. The molecule has 0 saturated carbocycles. The molecule has 0 aliphatic carbocycles. The van der Waals surface area contributed by atoms with Crippen molar-refractivity contribution in [3.8, 4) is 5.75 Å². The van der Waals surface area contributed by atoms with Gasteiger partial charge in [-0.05, 0) is 29.3 Å². The summed E-state index contributed by atoms with van der Waals surface area (Å²) in [5.41, 5.74) is 2.97. The maximum Gasteiger partial charge on any atom is 0.214 e. The summed E-state index contributed by atoms with van der Waals surface area (Å²) in [6.45, 7) is -0.139. The summed E-state index contributed by atoms with van der Waals surface area (Å²) in [6, 6.07) is 15.5. The highest BCUT2D eigenvalue weighted by Crippen LogP contribution is 2.32. The lowest BCUT2D eigenvalue weighted by Crippen LogP contribution is -2.13. The molecule has 0 saturated heterocycles. The van der Waals surface area contributed by atoms with Crippen molar-refractivity contribution >= 4 is 10.9 Å². The molecule has 23 heavy (non-hydrogen) atoms. The number of benzene rings is 2. The van der Waals surface area contributed by atoms with E-state index in [1.165, 1.54) is 0 Å². The molecule has 1 atom stereocenters. The SMILES string of the molecule is COc1ccc(C(C[N+](=O)[O-])c2cn(C)c3ccccc23)cc1. The Morgan fingerprint density at radius 1 is 1.17 bits per heavy atom. The van der Waals surface area contributed by atoms with Crippen molar-refractivity contribution in [3.05, 3.63) is 76.0 Å². The average Bonchev–Trinajstić information content (AvgIpc) is 2.90. The van der Waals surface area contributed by atoms with Crippen LogP contribution in [0, 0.1) is 10.1 Å². The van der Waals surface area contributed by atoms with E-state index in [2.05, 4.69) is 0 Å². The van der Waals surface area contributed by atoms with E-state index >= 15 is 0 Å². The Bertz CT molecular complexity index is 837. The number of nitro groups is 1. The first-order valence-corrected chi connectivity index (χ1v) is 7.40. The number of aromatic nitrogens is 1. The van der Waals surface area contributed by atoms with E-state index in [0.29, 0.717) is 0 Å². The highest BCUT2D eigenvalue weighted by atomic mass is 16.6. The molecule has 2 aromatic carbocycles. The largest absolute Gasteiger partial charge is 0.497 e. The summed E-state index contributed by atoms with van der Waals surface area (Å²) in [4.78, 5) is 10.9. The fraction of sp³-hybridized carbons (Fsp3) is 0.222. The Kier molecular flexibility index (Phi) is 4.02. The van der Waals surface area contributed by atoms with Crippen LogP contribution in [0.3, 0.4) is 0 Å². The molecule has 0 bridgehead atoms. The number of hydrogen-bond acceptors (Lipinski definition) is 3. The van der Waals surface area contributed by atoms with E-state index in [1.54, 1.807) is 7.11 Å².